The lowest BCUT2D eigenvalue weighted by Gasteiger charge is -2.37. The van der Waals surface area contributed by atoms with Gasteiger partial charge in [0.1, 0.15) is 17.3 Å². The molecule has 1 aromatic rings. The summed E-state index contributed by atoms with van der Waals surface area (Å²) in [5, 5.41) is 6.82. The van der Waals surface area contributed by atoms with Gasteiger partial charge in [-0.2, -0.15) is 0 Å². The molecule has 1 aromatic carbocycles. The van der Waals surface area contributed by atoms with E-state index in [4.69, 9.17) is 0 Å². The first-order valence-corrected chi connectivity index (χ1v) is 10.6. The van der Waals surface area contributed by atoms with E-state index in [2.05, 4.69) is 39.3 Å². The molecule has 2 unspecified atom stereocenters. The quantitative estimate of drug-likeness (QED) is 0.555. The van der Waals surface area contributed by atoms with Crippen molar-refractivity contribution in [2.45, 2.75) is 32.4 Å². The number of para-hydroxylation sites is 1. The molecule has 2 heterocycles. The largest absolute Gasteiger partial charge is 0.365 e. The van der Waals surface area contributed by atoms with Crippen molar-refractivity contribution < 1.29 is 8.78 Å². The molecule has 2 aliphatic rings. The maximum absolute atomic E-state index is 14.0. The van der Waals surface area contributed by atoms with Gasteiger partial charge in [0.05, 0.1) is 0 Å². The Balaban J connectivity index is 1.46. The SMILES string of the molecule is CCN1CCN(C(C)CNC(=NC)NC2CCN(c3c(F)cccc3F)C2)CC1. The summed E-state index contributed by atoms with van der Waals surface area (Å²) in [7, 11) is 1.75. The summed E-state index contributed by atoms with van der Waals surface area (Å²) in [6.45, 7) is 12.0. The van der Waals surface area contributed by atoms with Crippen LogP contribution in [0.1, 0.15) is 20.3 Å². The van der Waals surface area contributed by atoms with Crippen LogP contribution < -0.4 is 15.5 Å². The van der Waals surface area contributed by atoms with Gasteiger partial charge in [-0.05, 0) is 32.0 Å². The minimum Gasteiger partial charge on any atom is -0.365 e. The van der Waals surface area contributed by atoms with Crippen LogP contribution in [0.25, 0.3) is 0 Å². The number of benzene rings is 1. The standard InChI is InChI=1S/C21H34F2N6/c1-4-27-10-12-28(13-11-27)16(2)14-25-21(24-3)26-17-8-9-29(15-17)20-18(22)6-5-7-19(20)23/h5-7,16-17H,4,8-15H2,1-3H3,(H2,24,25,26). The highest BCUT2D eigenvalue weighted by molar-refractivity contribution is 5.80. The van der Waals surface area contributed by atoms with E-state index in [0.29, 0.717) is 19.1 Å². The summed E-state index contributed by atoms with van der Waals surface area (Å²) in [6.07, 6.45) is 0.809. The molecule has 2 aliphatic heterocycles. The van der Waals surface area contributed by atoms with Crippen LogP contribution in [0.5, 0.6) is 0 Å². The van der Waals surface area contributed by atoms with Crippen molar-refractivity contribution in [2.24, 2.45) is 4.99 Å². The average Bonchev–Trinajstić information content (AvgIpc) is 3.18. The number of hydrogen-bond donors (Lipinski definition) is 2. The maximum atomic E-state index is 14.0. The number of likely N-dealkylation sites (N-methyl/N-ethyl adjacent to an activating group) is 1. The second-order valence-corrected chi connectivity index (χ2v) is 7.92. The van der Waals surface area contributed by atoms with Gasteiger partial charge in [0.25, 0.3) is 0 Å². The van der Waals surface area contributed by atoms with Crippen molar-refractivity contribution in [3.63, 3.8) is 0 Å². The molecule has 0 aliphatic carbocycles. The highest BCUT2D eigenvalue weighted by Gasteiger charge is 2.27. The third-order valence-corrected chi connectivity index (χ3v) is 6.05. The predicted molar refractivity (Wildman–Crippen MR) is 115 cm³/mol. The second kappa shape index (κ2) is 10.2. The van der Waals surface area contributed by atoms with E-state index in [1.807, 2.05) is 0 Å². The van der Waals surface area contributed by atoms with Crippen molar-refractivity contribution >= 4 is 11.6 Å². The maximum Gasteiger partial charge on any atom is 0.191 e. The molecular weight excluding hydrogens is 374 g/mol. The van der Waals surface area contributed by atoms with Crippen LogP contribution in [0.15, 0.2) is 23.2 Å². The van der Waals surface area contributed by atoms with Gasteiger partial charge in [-0.25, -0.2) is 8.78 Å². The number of guanidine groups is 1. The van der Waals surface area contributed by atoms with Crippen LogP contribution in [0.2, 0.25) is 0 Å². The highest BCUT2D eigenvalue weighted by atomic mass is 19.1. The van der Waals surface area contributed by atoms with E-state index in [0.717, 1.165) is 51.6 Å². The topological polar surface area (TPSA) is 46.1 Å². The van der Waals surface area contributed by atoms with E-state index in [1.54, 1.807) is 11.9 Å². The molecular formula is C21H34F2N6. The zero-order valence-corrected chi connectivity index (χ0v) is 17.8. The molecule has 6 nitrogen and oxygen atoms in total. The Hall–Kier alpha value is -1.93. The molecule has 0 amide bonds. The Morgan fingerprint density at radius 2 is 1.86 bits per heavy atom. The van der Waals surface area contributed by atoms with Crippen molar-refractivity contribution in [3.05, 3.63) is 29.8 Å². The number of anilines is 1. The smallest absolute Gasteiger partial charge is 0.191 e. The molecule has 8 heteroatoms. The van der Waals surface area contributed by atoms with Gasteiger partial charge >= 0.3 is 0 Å². The Kier molecular flexibility index (Phi) is 7.66. The van der Waals surface area contributed by atoms with Crippen molar-refractivity contribution in [1.29, 1.82) is 0 Å². The highest BCUT2D eigenvalue weighted by Crippen LogP contribution is 2.26. The molecule has 0 bridgehead atoms. The molecule has 2 saturated heterocycles. The summed E-state index contributed by atoms with van der Waals surface area (Å²) < 4.78 is 28.1. The van der Waals surface area contributed by atoms with Gasteiger partial charge in [0.15, 0.2) is 5.96 Å². The Bertz CT molecular complexity index is 669. The van der Waals surface area contributed by atoms with E-state index in [-0.39, 0.29) is 11.7 Å². The number of nitrogens with zero attached hydrogens (tertiary/aromatic N) is 4. The normalized spacial score (nSPS) is 22.7. The Morgan fingerprint density at radius 3 is 2.48 bits per heavy atom. The first-order valence-electron chi connectivity index (χ1n) is 10.6. The second-order valence-electron chi connectivity index (χ2n) is 7.92. The molecule has 0 aromatic heterocycles. The summed E-state index contributed by atoms with van der Waals surface area (Å²) in [5.74, 6) is -0.278. The van der Waals surface area contributed by atoms with Crippen molar-refractivity contribution in [1.82, 2.24) is 20.4 Å². The van der Waals surface area contributed by atoms with Gasteiger partial charge in [0, 0.05) is 64.9 Å². The van der Waals surface area contributed by atoms with E-state index >= 15 is 0 Å². The molecule has 29 heavy (non-hydrogen) atoms. The van der Waals surface area contributed by atoms with Crippen LogP contribution in [0.3, 0.4) is 0 Å². The molecule has 2 fully saturated rings. The zero-order valence-electron chi connectivity index (χ0n) is 17.8. The summed E-state index contributed by atoms with van der Waals surface area (Å²) in [6, 6.07) is 4.53. The van der Waals surface area contributed by atoms with Crippen LogP contribution in [-0.2, 0) is 0 Å². The number of aliphatic imine (C=N–C) groups is 1. The third kappa shape index (κ3) is 5.57. The van der Waals surface area contributed by atoms with E-state index in [9.17, 15) is 8.78 Å². The molecule has 0 radical (unpaired) electrons. The van der Waals surface area contributed by atoms with Crippen molar-refractivity contribution in [3.8, 4) is 0 Å². The number of hydrogen-bond acceptors (Lipinski definition) is 4. The summed E-state index contributed by atoms with van der Waals surface area (Å²) in [5.41, 5.74) is 0.0691. The fraction of sp³-hybridized carbons (Fsp3) is 0.667. The molecule has 0 saturated carbocycles. The number of piperazine rings is 1. The first kappa shape index (κ1) is 21.8. The first-order chi connectivity index (χ1) is 14.0. The lowest BCUT2D eigenvalue weighted by molar-refractivity contribution is 0.107. The van der Waals surface area contributed by atoms with Gasteiger partial charge in [0.2, 0.25) is 0 Å². The van der Waals surface area contributed by atoms with E-state index < -0.39 is 11.6 Å². The number of rotatable bonds is 6. The van der Waals surface area contributed by atoms with E-state index in [1.165, 1.54) is 18.2 Å². The van der Waals surface area contributed by atoms with Crippen molar-refractivity contribution in [2.75, 3.05) is 64.3 Å². The lowest BCUT2D eigenvalue weighted by Crippen LogP contribution is -2.53. The van der Waals surface area contributed by atoms with Gasteiger partial charge in [-0.1, -0.05) is 13.0 Å². The fourth-order valence-corrected chi connectivity index (χ4v) is 4.15. The summed E-state index contributed by atoms with van der Waals surface area (Å²) >= 11 is 0. The average molecular weight is 409 g/mol. The Labute approximate surface area is 172 Å². The monoisotopic (exact) mass is 408 g/mol. The van der Waals surface area contributed by atoms with Crippen LogP contribution in [0.4, 0.5) is 14.5 Å². The fourth-order valence-electron chi connectivity index (χ4n) is 4.15. The summed E-state index contributed by atoms with van der Waals surface area (Å²) in [4.78, 5) is 11.1. The predicted octanol–water partition coefficient (Wildman–Crippen LogP) is 1.73. The van der Waals surface area contributed by atoms with Gasteiger partial charge < -0.3 is 20.4 Å². The van der Waals surface area contributed by atoms with Crippen LogP contribution >= 0.6 is 0 Å². The van der Waals surface area contributed by atoms with Gasteiger partial charge in [-0.15, -0.1) is 0 Å². The lowest BCUT2D eigenvalue weighted by atomic mass is 10.2. The minimum atomic E-state index is -0.509. The molecule has 3 rings (SSSR count). The number of halogens is 2. The third-order valence-electron chi connectivity index (χ3n) is 6.05. The molecule has 2 N–H and O–H groups in total. The molecule has 0 spiro atoms. The van der Waals surface area contributed by atoms with Crippen LogP contribution in [0, 0.1) is 11.6 Å². The molecule has 162 valence electrons. The van der Waals surface area contributed by atoms with Gasteiger partial charge in [-0.3, -0.25) is 9.89 Å². The number of nitrogens with one attached hydrogen (secondary N) is 2. The minimum absolute atomic E-state index is 0.0691. The van der Waals surface area contributed by atoms with Crippen LogP contribution in [-0.4, -0.2) is 87.2 Å². The Morgan fingerprint density at radius 1 is 1.17 bits per heavy atom. The molecule has 2 atom stereocenters. The zero-order chi connectivity index (χ0) is 20.8.